The van der Waals surface area contributed by atoms with Gasteiger partial charge < -0.3 is 0 Å². The third-order valence-electron chi connectivity index (χ3n) is 6.72. The highest BCUT2D eigenvalue weighted by Crippen LogP contribution is 2.37. The molecule has 0 N–H and O–H groups in total. The standard InChI is InChI=1S/C33H26N2/c1-21-19-22(2)31(23(3)20-21)35-33-28-17-10-14-25-13-9-16-27(30(25)28)32(33)34-29-18-8-7-15-26(29)24-11-5-4-6-12-24/h4-20H,1-3H3. The first-order valence-corrected chi connectivity index (χ1v) is 12.0. The lowest BCUT2D eigenvalue weighted by Crippen LogP contribution is -2.10. The molecule has 35 heavy (non-hydrogen) atoms. The van der Waals surface area contributed by atoms with Crippen molar-refractivity contribution in [3.8, 4) is 11.1 Å². The van der Waals surface area contributed by atoms with Crippen LogP contribution in [-0.2, 0) is 0 Å². The Balaban J connectivity index is 1.63. The van der Waals surface area contributed by atoms with Crippen LogP contribution in [0.3, 0.4) is 0 Å². The highest BCUT2D eigenvalue weighted by Gasteiger charge is 2.28. The molecule has 0 amide bonds. The van der Waals surface area contributed by atoms with Crippen molar-refractivity contribution in [2.45, 2.75) is 20.8 Å². The summed E-state index contributed by atoms with van der Waals surface area (Å²) in [5.41, 5.74) is 12.0. The molecule has 0 heterocycles. The molecule has 2 nitrogen and oxygen atoms in total. The number of aryl methyl sites for hydroxylation is 3. The van der Waals surface area contributed by atoms with E-state index in [1.54, 1.807) is 0 Å². The second-order valence-corrected chi connectivity index (χ2v) is 9.26. The van der Waals surface area contributed by atoms with E-state index in [9.17, 15) is 0 Å². The molecule has 0 bridgehead atoms. The molecule has 5 aromatic rings. The third kappa shape index (κ3) is 3.68. The highest BCUT2D eigenvalue weighted by atomic mass is 14.8. The SMILES string of the molecule is Cc1cc(C)c(N=C2C(=Nc3ccccc3-c3ccccc3)c3cccc4cccc2c34)c(C)c1. The van der Waals surface area contributed by atoms with Gasteiger partial charge in [0.05, 0.1) is 22.8 Å². The Labute approximate surface area is 206 Å². The van der Waals surface area contributed by atoms with Gasteiger partial charge in [-0.15, -0.1) is 0 Å². The minimum absolute atomic E-state index is 0.930. The summed E-state index contributed by atoms with van der Waals surface area (Å²) >= 11 is 0. The maximum absolute atomic E-state index is 5.31. The van der Waals surface area contributed by atoms with Crippen molar-refractivity contribution in [1.29, 1.82) is 0 Å². The van der Waals surface area contributed by atoms with E-state index in [0.717, 1.165) is 45.1 Å². The van der Waals surface area contributed by atoms with E-state index >= 15 is 0 Å². The molecule has 0 aromatic heterocycles. The summed E-state index contributed by atoms with van der Waals surface area (Å²) < 4.78 is 0. The molecule has 0 atom stereocenters. The average Bonchev–Trinajstić information content (AvgIpc) is 3.16. The van der Waals surface area contributed by atoms with Gasteiger partial charge in [0, 0.05) is 22.1 Å². The van der Waals surface area contributed by atoms with Crippen LogP contribution >= 0.6 is 0 Å². The zero-order chi connectivity index (χ0) is 23.9. The molecule has 0 fully saturated rings. The van der Waals surface area contributed by atoms with Crippen LogP contribution in [-0.4, -0.2) is 11.4 Å². The minimum atomic E-state index is 0.930. The normalized spacial score (nSPS) is 14.8. The summed E-state index contributed by atoms with van der Waals surface area (Å²) in [6.45, 7) is 6.42. The lowest BCUT2D eigenvalue weighted by atomic mass is 10.0. The van der Waals surface area contributed by atoms with Crippen LogP contribution in [0.2, 0.25) is 0 Å². The Morgan fingerprint density at radius 2 is 1.09 bits per heavy atom. The second kappa shape index (κ2) is 8.48. The fourth-order valence-corrected chi connectivity index (χ4v) is 5.23. The number of aliphatic imine (C=N–C) groups is 2. The molecular weight excluding hydrogens is 424 g/mol. The molecule has 0 radical (unpaired) electrons. The lowest BCUT2D eigenvalue weighted by Gasteiger charge is -2.11. The van der Waals surface area contributed by atoms with Crippen molar-refractivity contribution in [3.05, 3.63) is 131 Å². The molecule has 1 aliphatic carbocycles. The van der Waals surface area contributed by atoms with E-state index in [1.807, 2.05) is 6.07 Å². The summed E-state index contributed by atoms with van der Waals surface area (Å²) in [4.78, 5) is 10.6. The maximum Gasteiger partial charge on any atom is 0.0979 e. The summed E-state index contributed by atoms with van der Waals surface area (Å²) in [5.74, 6) is 0. The Hall–Kier alpha value is -4.30. The van der Waals surface area contributed by atoms with Gasteiger partial charge in [0.1, 0.15) is 0 Å². The first kappa shape index (κ1) is 21.2. The Bertz CT molecular complexity index is 1630. The molecule has 0 spiro atoms. The van der Waals surface area contributed by atoms with Gasteiger partial charge in [-0.05, 0) is 48.9 Å². The van der Waals surface area contributed by atoms with Crippen LogP contribution in [0.25, 0.3) is 21.9 Å². The van der Waals surface area contributed by atoms with E-state index in [-0.39, 0.29) is 0 Å². The van der Waals surface area contributed by atoms with Crippen molar-refractivity contribution in [2.24, 2.45) is 9.98 Å². The van der Waals surface area contributed by atoms with Gasteiger partial charge in [-0.3, -0.25) is 0 Å². The van der Waals surface area contributed by atoms with Crippen LogP contribution in [0.5, 0.6) is 0 Å². The second-order valence-electron chi connectivity index (χ2n) is 9.26. The van der Waals surface area contributed by atoms with E-state index in [1.165, 1.54) is 27.5 Å². The number of hydrogen-bond donors (Lipinski definition) is 0. The van der Waals surface area contributed by atoms with Crippen molar-refractivity contribution < 1.29 is 0 Å². The van der Waals surface area contributed by atoms with E-state index in [0.29, 0.717) is 0 Å². The number of nitrogens with zero attached hydrogens (tertiary/aromatic N) is 2. The Morgan fingerprint density at radius 1 is 0.514 bits per heavy atom. The van der Waals surface area contributed by atoms with Gasteiger partial charge >= 0.3 is 0 Å². The summed E-state index contributed by atoms with van der Waals surface area (Å²) in [6, 6.07) is 36.2. The number of benzene rings is 5. The largest absolute Gasteiger partial charge is 0.246 e. The fourth-order valence-electron chi connectivity index (χ4n) is 5.23. The third-order valence-corrected chi connectivity index (χ3v) is 6.72. The van der Waals surface area contributed by atoms with Crippen molar-refractivity contribution in [1.82, 2.24) is 0 Å². The summed E-state index contributed by atoms with van der Waals surface area (Å²) in [6.07, 6.45) is 0. The lowest BCUT2D eigenvalue weighted by molar-refractivity contribution is 1.29. The van der Waals surface area contributed by atoms with Gasteiger partial charge in [-0.2, -0.15) is 0 Å². The molecule has 0 unspecified atom stereocenters. The predicted octanol–water partition coefficient (Wildman–Crippen LogP) is 8.69. The Morgan fingerprint density at radius 3 is 1.77 bits per heavy atom. The summed E-state index contributed by atoms with van der Waals surface area (Å²) in [7, 11) is 0. The fraction of sp³-hybridized carbons (Fsp3) is 0.0909. The average molecular weight is 451 g/mol. The monoisotopic (exact) mass is 450 g/mol. The quantitative estimate of drug-likeness (QED) is 0.263. The van der Waals surface area contributed by atoms with E-state index in [2.05, 4.69) is 118 Å². The van der Waals surface area contributed by atoms with Gasteiger partial charge in [-0.1, -0.05) is 103 Å². The molecule has 2 heteroatoms. The molecule has 0 aliphatic heterocycles. The summed E-state index contributed by atoms with van der Waals surface area (Å²) in [5, 5.41) is 2.44. The highest BCUT2D eigenvalue weighted by molar-refractivity contribution is 6.61. The maximum atomic E-state index is 5.31. The topological polar surface area (TPSA) is 24.7 Å². The zero-order valence-corrected chi connectivity index (χ0v) is 20.2. The van der Waals surface area contributed by atoms with Crippen LogP contribution in [0.1, 0.15) is 27.8 Å². The smallest absolute Gasteiger partial charge is 0.0979 e. The van der Waals surface area contributed by atoms with E-state index in [4.69, 9.17) is 9.98 Å². The molecule has 168 valence electrons. The van der Waals surface area contributed by atoms with Crippen LogP contribution in [0.15, 0.2) is 113 Å². The molecule has 0 saturated carbocycles. The zero-order valence-electron chi connectivity index (χ0n) is 20.2. The Kier molecular flexibility index (Phi) is 5.15. The van der Waals surface area contributed by atoms with Crippen LogP contribution in [0.4, 0.5) is 11.4 Å². The van der Waals surface area contributed by atoms with E-state index < -0.39 is 0 Å². The molecule has 6 rings (SSSR count). The van der Waals surface area contributed by atoms with Crippen LogP contribution < -0.4 is 0 Å². The van der Waals surface area contributed by atoms with Crippen molar-refractivity contribution >= 4 is 33.6 Å². The number of rotatable bonds is 3. The van der Waals surface area contributed by atoms with Crippen LogP contribution in [0, 0.1) is 20.8 Å². The van der Waals surface area contributed by atoms with Gasteiger partial charge in [-0.25, -0.2) is 9.98 Å². The van der Waals surface area contributed by atoms with Crippen molar-refractivity contribution in [3.63, 3.8) is 0 Å². The van der Waals surface area contributed by atoms with Gasteiger partial charge in [0.2, 0.25) is 0 Å². The number of hydrogen-bond acceptors (Lipinski definition) is 2. The van der Waals surface area contributed by atoms with Gasteiger partial charge in [0.15, 0.2) is 0 Å². The first-order chi connectivity index (χ1) is 17.1. The molecule has 5 aromatic carbocycles. The molecular formula is C33H26N2. The minimum Gasteiger partial charge on any atom is -0.246 e. The van der Waals surface area contributed by atoms with Gasteiger partial charge in [0.25, 0.3) is 0 Å². The first-order valence-electron chi connectivity index (χ1n) is 12.0. The molecule has 1 aliphatic rings. The van der Waals surface area contributed by atoms with Crippen molar-refractivity contribution in [2.75, 3.05) is 0 Å². The predicted molar refractivity (Wildman–Crippen MR) is 149 cm³/mol. The number of para-hydroxylation sites is 1. The molecule has 0 saturated heterocycles.